The van der Waals surface area contributed by atoms with Crippen LogP contribution in [0.15, 0.2) is 150 Å². The second-order valence-electron chi connectivity index (χ2n) is 14.2. The molecule has 4 aromatic carbocycles. The number of benzene rings is 4. The summed E-state index contributed by atoms with van der Waals surface area (Å²) >= 11 is 0. The summed E-state index contributed by atoms with van der Waals surface area (Å²) in [4.78, 5) is 25.9. The van der Waals surface area contributed by atoms with Crippen LogP contribution in [0, 0.1) is 0 Å². The highest BCUT2D eigenvalue weighted by Crippen LogP contribution is 2.36. The van der Waals surface area contributed by atoms with Crippen molar-refractivity contribution in [3.05, 3.63) is 151 Å². The normalized spacial score (nSPS) is 11.6. The summed E-state index contributed by atoms with van der Waals surface area (Å²) < 4.78 is 16.5. The van der Waals surface area contributed by atoms with Crippen molar-refractivity contribution in [3.63, 3.8) is 0 Å². The van der Waals surface area contributed by atoms with Crippen LogP contribution in [-0.2, 0) is 16.0 Å². The average Bonchev–Trinajstić information content (AvgIpc) is 3.68. The minimum absolute atomic E-state index is 0.00661. The SMILES string of the molecule is CCCCC/C=C\C/C=C\C/C=C\C/C=C\CCCC(=O)Nc1ccc(-c2ccc(NC(=O)Cc3onc(-c4ccc(OC)cc4)c3-c3ccc(OC)cc3)cc2)cc1. The maximum absolute atomic E-state index is 13.3. The van der Waals surface area contributed by atoms with Crippen LogP contribution in [0.5, 0.6) is 11.5 Å². The van der Waals surface area contributed by atoms with Gasteiger partial charge in [-0.2, -0.15) is 0 Å². The number of methoxy groups -OCH3 is 2. The number of nitrogens with zero attached hydrogens (tertiary/aromatic N) is 1. The lowest BCUT2D eigenvalue weighted by molar-refractivity contribution is -0.116. The second kappa shape index (κ2) is 24.4. The molecule has 0 unspecified atom stereocenters. The Balaban J connectivity index is 1.04. The van der Waals surface area contributed by atoms with E-state index >= 15 is 0 Å². The number of unbranched alkanes of at least 4 members (excludes halogenated alkanes) is 4. The summed E-state index contributed by atoms with van der Waals surface area (Å²) in [5, 5.41) is 10.4. The van der Waals surface area contributed by atoms with Crippen molar-refractivity contribution in [1.82, 2.24) is 5.16 Å². The van der Waals surface area contributed by atoms with Crippen molar-refractivity contribution in [2.24, 2.45) is 0 Å². The monoisotopic (exact) mass is 791 g/mol. The molecule has 2 N–H and O–H groups in total. The molecule has 0 fully saturated rings. The Hall–Kier alpha value is -6.41. The van der Waals surface area contributed by atoms with E-state index in [1.165, 1.54) is 25.7 Å². The van der Waals surface area contributed by atoms with Crippen LogP contribution in [-0.4, -0.2) is 31.2 Å². The summed E-state index contributed by atoms with van der Waals surface area (Å²) in [7, 11) is 3.24. The van der Waals surface area contributed by atoms with Crippen LogP contribution in [0.1, 0.15) is 76.9 Å². The summed E-state index contributed by atoms with van der Waals surface area (Å²) in [6.07, 6.45) is 27.8. The maximum atomic E-state index is 13.3. The highest BCUT2D eigenvalue weighted by Gasteiger charge is 2.22. The van der Waals surface area contributed by atoms with Gasteiger partial charge in [-0.1, -0.05) is 110 Å². The maximum Gasteiger partial charge on any atom is 0.232 e. The van der Waals surface area contributed by atoms with Crippen molar-refractivity contribution < 1.29 is 23.6 Å². The fraction of sp³-hybridized carbons (Fsp3) is 0.275. The van der Waals surface area contributed by atoms with Crippen LogP contribution in [0.4, 0.5) is 11.4 Å². The second-order valence-corrected chi connectivity index (χ2v) is 14.2. The highest BCUT2D eigenvalue weighted by atomic mass is 16.5. The fourth-order valence-electron chi connectivity index (χ4n) is 6.45. The molecular formula is C51H57N3O5. The molecule has 2 amide bonds. The van der Waals surface area contributed by atoms with Crippen molar-refractivity contribution in [3.8, 4) is 45.0 Å². The number of aromatic nitrogens is 1. The third-order valence-corrected chi connectivity index (χ3v) is 9.73. The Labute approximate surface area is 349 Å². The molecule has 0 saturated carbocycles. The number of nitrogens with one attached hydrogen (secondary N) is 2. The average molecular weight is 792 g/mol. The van der Waals surface area contributed by atoms with E-state index in [0.717, 1.165) is 77.1 Å². The van der Waals surface area contributed by atoms with Gasteiger partial charge in [-0.15, -0.1) is 0 Å². The van der Waals surface area contributed by atoms with E-state index in [4.69, 9.17) is 14.0 Å². The molecule has 5 rings (SSSR count). The Bertz CT molecular complexity index is 2140. The summed E-state index contributed by atoms with van der Waals surface area (Å²) in [6, 6.07) is 30.6. The molecule has 306 valence electrons. The third kappa shape index (κ3) is 14.5. The van der Waals surface area contributed by atoms with Crippen molar-refractivity contribution in [2.75, 3.05) is 24.9 Å². The van der Waals surface area contributed by atoms with Gasteiger partial charge in [-0.3, -0.25) is 9.59 Å². The Morgan fingerprint density at radius 2 is 1.02 bits per heavy atom. The molecule has 1 heterocycles. The highest BCUT2D eigenvalue weighted by molar-refractivity contribution is 5.95. The van der Waals surface area contributed by atoms with E-state index in [1.54, 1.807) is 14.2 Å². The minimum Gasteiger partial charge on any atom is -0.497 e. The molecule has 8 heteroatoms. The molecule has 0 radical (unpaired) electrons. The molecule has 59 heavy (non-hydrogen) atoms. The predicted molar refractivity (Wildman–Crippen MR) is 242 cm³/mol. The Kier molecular flexibility index (Phi) is 18.1. The van der Waals surface area contributed by atoms with Gasteiger partial charge >= 0.3 is 0 Å². The van der Waals surface area contributed by atoms with Crippen LogP contribution >= 0.6 is 0 Å². The molecule has 0 aliphatic heterocycles. The number of rotatable bonds is 23. The Morgan fingerprint density at radius 3 is 1.53 bits per heavy atom. The van der Waals surface area contributed by atoms with E-state index in [2.05, 4.69) is 71.3 Å². The summed E-state index contributed by atoms with van der Waals surface area (Å²) in [5.41, 5.74) is 6.48. The first-order valence-corrected chi connectivity index (χ1v) is 20.6. The molecule has 1 aromatic heterocycles. The topological polar surface area (TPSA) is 103 Å². The van der Waals surface area contributed by atoms with Gasteiger partial charge in [0.15, 0.2) is 5.76 Å². The van der Waals surface area contributed by atoms with Crippen LogP contribution < -0.4 is 20.1 Å². The van der Waals surface area contributed by atoms with E-state index < -0.39 is 0 Å². The number of amides is 2. The quantitative estimate of drug-likeness (QED) is 0.0504. The van der Waals surface area contributed by atoms with Crippen LogP contribution in [0.25, 0.3) is 33.5 Å². The van der Waals surface area contributed by atoms with Crippen molar-refractivity contribution in [1.29, 1.82) is 0 Å². The van der Waals surface area contributed by atoms with Gasteiger partial charge < -0.3 is 24.6 Å². The van der Waals surface area contributed by atoms with Gasteiger partial charge in [0.25, 0.3) is 0 Å². The molecule has 0 aliphatic rings. The van der Waals surface area contributed by atoms with Gasteiger partial charge in [0.05, 0.1) is 26.2 Å². The van der Waals surface area contributed by atoms with E-state index in [1.807, 2.05) is 97.1 Å². The molecule has 0 atom stereocenters. The number of carbonyl (C=O) groups is 2. The lowest BCUT2D eigenvalue weighted by atomic mass is 9.97. The molecule has 5 aromatic rings. The number of ether oxygens (including phenoxy) is 2. The number of allylic oxidation sites excluding steroid dienone is 8. The van der Waals surface area contributed by atoms with Gasteiger partial charge in [-0.05, 0) is 122 Å². The lowest BCUT2D eigenvalue weighted by Gasteiger charge is -2.09. The molecular weight excluding hydrogens is 735 g/mol. The first kappa shape index (κ1) is 43.7. The molecule has 8 nitrogen and oxygen atoms in total. The largest absolute Gasteiger partial charge is 0.497 e. The number of hydrogen-bond donors (Lipinski definition) is 2. The zero-order valence-electron chi connectivity index (χ0n) is 34.6. The van der Waals surface area contributed by atoms with Crippen molar-refractivity contribution in [2.45, 2.75) is 77.6 Å². The van der Waals surface area contributed by atoms with Gasteiger partial charge in [0, 0.05) is 23.4 Å². The lowest BCUT2D eigenvalue weighted by Crippen LogP contribution is -2.14. The van der Waals surface area contributed by atoms with E-state index in [9.17, 15) is 9.59 Å². The number of carbonyl (C=O) groups excluding carboxylic acids is 2. The smallest absolute Gasteiger partial charge is 0.232 e. The third-order valence-electron chi connectivity index (χ3n) is 9.73. The molecule has 0 bridgehead atoms. The number of anilines is 2. The summed E-state index contributed by atoms with van der Waals surface area (Å²) in [5.74, 6) is 1.68. The van der Waals surface area contributed by atoms with Crippen LogP contribution in [0.3, 0.4) is 0 Å². The van der Waals surface area contributed by atoms with E-state index in [0.29, 0.717) is 23.6 Å². The van der Waals surface area contributed by atoms with E-state index in [-0.39, 0.29) is 18.2 Å². The first-order chi connectivity index (χ1) is 29.0. The first-order valence-electron chi connectivity index (χ1n) is 20.6. The molecule has 0 spiro atoms. The van der Waals surface area contributed by atoms with Gasteiger partial charge in [0.1, 0.15) is 17.2 Å². The summed E-state index contributed by atoms with van der Waals surface area (Å²) in [6.45, 7) is 2.23. The fourth-order valence-corrected chi connectivity index (χ4v) is 6.45. The standard InChI is InChI=1S/C51H57N3O5/c1-4-5-6-7-8-9-10-11-12-13-14-15-16-17-18-19-20-21-48(55)52-43-30-22-39(23-31-43)40-24-32-44(33-25-40)53-49(56)38-47-50(41-26-34-45(57-2)35-27-41)51(54-59-47)42-28-36-46(58-3)37-29-42/h8-9,11-12,14-15,17-18,22-37H,4-7,10,13,16,19-21,38H2,1-3H3,(H,52,55)(H,53,56)/b9-8-,12-11-,15-14-,18-17-. The molecule has 0 aliphatic carbocycles. The Morgan fingerprint density at radius 1 is 0.559 bits per heavy atom. The van der Waals surface area contributed by atoms with Gasteiger partial charge in [-0.25, -0.2) is 0 Å². The molecule has 0 saturated heterocycles. The van der Waals surface area contributed by atoms with Gasteiger partial charge in [0.2, 0.25) is 11.8 Å². The number of hydrogen-bond acceptors (Lipinski definition) is 6. The van der Waals surface area contributed by atoms with Crippen molar-refractivity contribution >= 4 is 23.2 Å². The van der Waals surface area contributed by atoms with Crippen LogP contribution in [0.2, 0.25) is 0 Å². The minimum atomic E-state index is -0.232. The zero-order valence-corrected chi connectivity index (χ0v) is 34.6. The zero-order chi connectivity index (χ0) is 41.5. The predicted octanol–water partition coefficient (Wildman–Crippen LogP) is 13.0.